The Morgan fingerprint density at radius 2 is 0.803 bits per heavy atom. The molecule has 0 aliphatic heterocycles. The van der Waals surface area contributed by atoms with Crippen molar-refractivity contribution < 1.29 is 81.2 Å². The molecule has 0 fully saturated rings. The Labute approximate surface area is 392 Å². The highest BCUT2D eigenvalue weighted by Gasteiger charge is 2.15. The van der Waals surface area contributed by atoms with Crippen LogP contribution >= 0.6 is 0 Å². The molecule has 66 heavy (non-hydrogen) atoms. The summed E-state index contributed by atoms with van der Waals surface area (Å²) in [6, 6.07) is 0.288. The number of nitrogens with two attached hydrogens (primary N) is 1. The summed E-state index contributed by atoms with van der Waals surface area (Å²) in [6.45, 7) is 14.6. The molecule has 0 heterocycles. The smallest absolute Gasteiger partial charge is 0.305 e. The molecule has 1 unspecified atom stereocenters. The summed E-state index contributed by atoms with van der Waals surface area (Å²) in [6.07, 6.45) is 3.25. The lowest BCUT2D eigenvalue weighted by Gasteiger charge is -2.15. The van der Waals surface area contributed by atoms with Crippen molar-refractivity contribution in [1.82, 2.24) is 21.3 Å². The third-order valence-electron chi connectivity index (χ3n) is 8.82. The van der Waals surface area contributed by atoms with Gasteiger partial charge in [0.25, 0.3) is 0 Å². The molecule has 0 aliphatic rings. The monoisotopic (exact) mass is 970 g/mol. The van der Waals surface area contributed by atoms with E-state index in [1.807, 2.05) is 0 Å². The number of aliphatic carboxylic acids is 1. The van der Waals surface area contributed by atoms with Gasteiger partial charge in [-0.1, -0.05) is 19.6 Å². The van der Waals surface area contributed by atoms with E-state index in [0.717, 1.165) is 6.04 Å². The van der Waals surface area contributed by atoms with E-state index >= 15 is 0 Å². The third-order valence-corrected chi connectivity index (χ3v) is 10.5. The molecular weight excluding hydrogens is 887 g/mol. The molecule has 0 aromatic rings. The fourth-order valence-electron chi connectivity index (χ4n) is 5.04. The zero-order valence-electron chi connectivity index (χ0n) is 40.0. The number of amides is 4. The van der Waals surface area contributed by atoms with Crippen LogP contribution in [0.3, 0.4) is 0 Å². The van der Waals surface area contributed by atoms with E-state index in [2.05, 4.69) is 40.9 Å². The van der Waals surface area contributed by atoms with E-state index in [-0.39, 0.29) is 88.1 Å². The summed E-state index contributed by atoms with van der Waals surface area (Å²) >= 11 is 0. The number of hydrogen-bond donors (Lipinski definition) is 6. The third kappa shape index (κ3) is 48.6. The lowest BCUT2D eigenvalue weighted by molar-refractivity contribution is -0.143. The molecule has 0 aliphatic carbocycles. The molecule has 0 aromatic carbocycles. The Balaban J connectivity index is 3.41. The molecular formula is C43H83N5O17Si. The van der Waals surface area contributed by atoms with Crippen molar-refractivity contribution in [2.24, 2.45) is 5.73 Å². The fourth-order valence-corrected chi connectivity index (χ4v) is 5.75. The van der Waals surface area contributed by atoms with Gasteiger partial charge in [0.1, 0.15) is 0 Å². The number of carboxylic acids is 1. The van der Waals surface area contributed by atoms with E-state index in [1.165, 1.54) is 0 Å². The second kappa shape index (κ2) is 45.4. The number of nitrogens with one attached hydrogen (secondary N) is 4. The summed E-state index contributed by atoms with van der Waals surface area (Å²) < 4.78 is 53.7. The first-order valence-corrected chi connectivity index (χ1v) is 26.9. The predicted molar refractivity (Wildman–Crippen MR) is 246 cm³/mol. The summed E-state index contributed by atoms with van der Waals surface area (Å²) in [7, 11) is -1.24. The number of carbonyl (C=O) groups is 6. The van der Waals surface area contributed by atoms with Gasteiger partial charge in [0.15, 0.2) is 0 Å². The van der Waals surface area contributed by atoms with E-state index in [4.69, 9.17) is 58.2 Å². The Kier molecular flexibility index (Phi) is 43.1. The molecule has 0 radical (unpaired) electrons. The largest absolute Gasteiger partial charge is 0.481 e. The molecule has 0 bridgehead atoms. The minimum absolute atomic E-state index is 0.0364. The van der Waals surface area contributed by atoms with Gasteiger partial charge in [0.2, 0.25) is 23.6 Å². The van der Waals surface area contributed by atoms with E-state index < -0.39 is 20.1 Å². The van der Waals surface area contributed by atoms with Gasteiger partial charge in [-0.3, -0.25) is 28.8 Å². The van der Waals surface area contributed by atoms with E-state index in [0.29, 0.717) is 151 Å². The van der Waals surface area contributed by atoms with Gasteiger partial charge in [-0.05, 0) is 31.7 Å². The van der Waals surface area contributed by atoms with Crippen LogP contribution in [0.1, 0.15) is 57.8 Å². The molecule has 23 heteroatoms. The maximum absolute atomic E-state index is 12.2. The highest BCUT2D eigenvalue weighted by Crippen LogP contribution is 2.08. The first kappa shape index (κ1) is 62.6. The van der Waals surface area contributed by atoms with Crippen molar-refractivity contribution in [2.75, 3.05) is 152 Å². The van der Waals surface area contributed by atoms with Gasteiger partial charge in [0.05, 0.1) is 138 Å². The van der Waals surface area contributed by atoms with Gasteiger partial charge in [-0.2, -0.15) is 0 Å². The van der Waals surface area contributed by atoms with Crippen LogP contribution in [0.2, 0.25) is 25.7 Å². The Bertz CT molecular complexity index is 1250. The first-order valence-electron chi connectivity index (χ1n) is 23.2. The van der Waals surface area contributed by atoms with Crippen molar-refractivity contribution in [1.29, 1.82) is 0 Å². The van der Waals surface area contributed by atoms with Crippen LogP contribution in [0.4, 0.5) is 0 Å². The molecule has 0 rings (SSSR count). The van der Waals surface area contributed by atoms with Gasteiger partial charge in [0, 0.05) is 59.9 Å². The number of carboxylic acid groups (broad SMARTS) is 1. The SMILES string of the molecule is C[Si](C)(C)CCOC(=O)CCCNC(=O)C(N)CCCCNC(=O)CCOCCOCCOCCNC(=O)CCOCCOCCOCCC(=O)NCCOCCOCCOCCC(=O)O. The van der Waals surface area contributed by atoms with Crippen LogP contribution in [0.5, 0.6) is 0 Å². The molecule has 1 atom stereocenters. The minimum Gasteiger partial charge on any atom is -0.481 e. The molecule has 0 spiro atoms. The van der Waals surface area contributed by atoms with Gasteiger partial charge >= 0.3 is 11.9 Å². The van der Waals surface area contributed by atoms with Crippen molar-refractivity contribution in [3.63, 3.8) is 0 Å². The first-order chi connectivity index (χ1) is 31.8. The summed E-state index contributed by atoms with van der Waals surface area (Å²) in [5.74, 6) is -1.81. The average molecular weight is 970 g/mol. The summed E-state index contributed by atoms with van der Waals surface area (Å²) in [5.41, 5.74) is 5.97. The maximum atomic E-state index is 12.2. The number of esters is 1. The molecule has 4 amide bonds. The van der Waals surface area contributed by atoms with Crippen molar-refractivity contribution in [3.8, 4) is 0 Å². The number of unbranched alkanes of at least 4 members (excludes halogenated alkanes) is 1. The van der Waals surface area contributed by atoms with E-state index in [1.54, 1.807) is 0 Å². The second-order valence-electron chi connectivity index (χ2n) is 16.0. The van der Waals surface area contributed by atoms with Crippen LogP contribution < -0.4 is 27.0 Å². The van der Waals surface area contributed by atoms with Gasteiger partial charge in [-0.25, -0.2) is 0 Å². The maximum Gasteiger partial charge on any atom is 0.305 e. The topological polar surface area (TPSA) is 289 Å². The lowest BCUT2D eigenvalue weighted by atomic mass is 10.1. The Morgan fingerprint density at radius 3 is 1.21 bits per heavy atom. The number of ether oxygens (including phenoxy) is 10. The number of hydrogen-bond acceptors (Lipinski definition) is 17. The van der Waals surface area contributed by atoms with Crippen LogP contribution in [0.25, 0.3) is 0 Å². The summed E-state index contributed by atoms with van der Waals surface area (Å²) in [4.78, 5) is 70.2. The van der Waals surface area contributed by atoms with Crippen LogP contribution in [0, 0.1) is 0 Å². The molecule has 7 N–H and O–H groups in total. The van der Waals surface area contributed by atoms with Crippen molar-refractivity contribution in [2.45, 2.75) is 89.5 Å². The standard InChI is InChI=1S/C43H83N5O17Si/c1-66(2,3)36-35-65-42(54)8-6-14-48-43(55)37(44)7-4-5-13-45-38(49)9-17-56-25-31-63-33-27-60-21-15-46-39(50)10-18-57-23-29-62-30-24-58-19-11-40(51)47-16-22-61-28-34-64-32-26-59-20-12-41(52)53/h37H,4-36,44H2,1-3H3,(H,45,49)(H,46,50)(H,47,51)(H,48,55)(H,52,53). The van der Waals surface area contributed by atoms with E-state index in [9.17, 15) is 28.8 Å². The molecule has 22 nitrogen and oxygen atoms in total. The Morgan fingerprint density at radius 1 is 0.439 bits per heavy atom. The Hall–Kier alpha value is -3.36. The second-order valence-corrected chi connectivity index (χ2v) is 21.6. The molecule has 386 valence electrons. The van der Waals surface area contributed by atoms with Crippen LogP contribution in [0.15, 0.2) is 0 Å². The van der Waals surface area contributed by atoms with Crippen molar-refractivity contribution >= 4 is 43.6 Å². The highest BCUT2D eigenvalue weighted by molar-refractivity contribution is 6.76. The zero-order chi connectivity index (χ0) is 48.8. The van der Waals surface area contributed by atoms with Gasteiger partial charge in [-0.15, -0.1) is 0 Å². The average Bonchev–Trinajstić information content (AvgIpc) is 3.26. The quantitative estimate of drug-likeness (QED) is 0.0273. The van der Waals surface area contributed by atoms with Crippen molar-refractivity contribution in [3.05, 3.63) is 0 Å². The lowest BCUT2D eigenvalue weighted by Crippen LogP contribution is -2.41. The van der Waals surface area contributed by atoms with Crippen LogP contribution in [-0.4, -0.2) is 206 Å². The predicted octanol–water partition coefficient (Wildman–Crippen LogP) is 0.405. The molecule has 0 saturated carbocycles. The number of carbonyl (C=O) groups excluding carboxylic acids is 5. The number of rotatable bonds is 49. The molecule has 0 saturated heterocycles. The highest BCUT2D eigenvalue weighted by atomic mass is 28.3. The fraction of sp³-hybridized carbons (Fsp3) is 0.860. The summed E-state index contributed by atoms with van der Waals surface area (Å²) in [5, 5.41) is 19.6. The van der Waals surface area contributed by atoms with Crippen LogP contribution in [-0.2, 0) is 76.1 Å². The zero-order valence-corrected chi connectivity index (χ0v) is 41.0. The molecule has 0 aromatic heterocycles. The normalized spacial score (nSPS) is 11.8. The van der Waals surface area contributed by atoms with Gasteiger partial charge < -0.3 is 79.5 Å². The minimum atomic E-state index is -1.24.